The molecule has 1 fully saturated rings. The maximum atomic E-state index is 13.2. The summed E-state index contributed by atoms with van der Waals surface area (Å²) >= 11 is 11.3. The fourth-order valence-corrected chi connectivity index (χ4v) is 2.80. The van der Waals surface area contributed by atoms with E-state index in [-0.39, 0.29) is 21.8 Å². The molecule has 1 aromatic carbocycles. The first-order valence-corrected chi connectivity index (χ1v) is 7.07. The maximum Gasteiger partial charge on any atom is 0.319 e. The van der Waals surface area contributed by atoms with Crippen molar-refractivity contribution in [3.8, 4) is 0 Å². The molecule has 21 heavy (non-hydrogen) atoms. The van der Waals surface area contributed by atoms with Crippen LogP contribution in [-0.2, 0) is 4.79 Å². The van der Waals surface area contributed by atoms with Crippen LogP contribution in [0.5, 0.6) is 0 Å². The molecule has 1 saturated carbocycles. The Hall–Kier alpha value is -1.53. The Kier molecular flexibility index (Phi) is 4.90. The Morgan fingerprint density at radius 2 is 1.86 bits per heavy atom. The molecule has 114 valence electrons. The predicted octanol–water partition coefficient (Wildman–Crippen LogP) is 3.51. The first-order chi connectivity index (χ1) is 9.86. The highest BCUT2D eigenvalue weighted by atomic mass is 35.5. The summed E-state index contributed by atoms with van der Waals surface area (Å²) in [7, 11) is 0. The van der Waals surface area contributed by atoms with Crippen LogP contribution in [0.25, 0.3) is 0 Å². The molecule has 0 radical (unpaired) electrons. The third-order valence-electron chi connectivity index (χ3n) is 3.36. The molecule has 2 rings (SSSR count). The number of hydrogen-bond donors (Lipinski definition) is 3. The minimum absolute atomic E-state index is 0.190. The van der Waals surface area contributed by atoms with E-state index in [9.17, 15) is 14.0 Å². The van der Waals surface area contributed by atoms with Crippen molar-refractivity contribution in [3.63, 3.8) is 0 Å². The Balaban J connectivity index is 1.92. The number of carbonyl (C=O) groups excluding carboxylic acids is 1. The van der Waals surface area contributed by atoms with Gasteiger partial charge in [-0.15, -0.1) is 0 Å². The lowest BCUT2D eigenvalue weighted by molar-refractivity contribution is -0.141. The van der Waals surface area contributed by atoms with E-state index in [1.165, 1.54) is 12.1 Å². The SMILES string of the molecule is O=C(Nc1cc(Cl)c(F)c(Cl)c1)NC1CCC(C(=O)O)C1. The van der Waals surface area contributed by atoms with E-state index in [0.717, 1.165) is 0 Å². The van der Waals surface area contributed by atoms with Crippen LogP contribution < -0.4 is 10.6 Å². The molecule has 1 aliphatic carbocycles. The molecule has 0 heterocycles. The fraction of sp³-hybridized carbons (Fsp3) is 0.385. The molecule has 2 unspecified atom stereocenters. The second-order valence-electron chi connectivity index (χ2n) is 4.90. The summed E-state index contributed by atoms with van der Waals surface area (Å²) in [6.07, 6.45) is 1.54. The van der Waals surface area contributed by atoms with Gasteiger partial charge in [-0.3, -0.25) is 4.79 Å². The van der Waals surface area contributed by atoms with Gasteiger partial charge in [-0.05, 0) is 31.4 Å². The lowest BCUT2D eigenvalue weighted by Crippen LogP contribution is -2.36. The summed E-state index contributed by atoms with van der Waals surface area (Å²) < 4.78 is 13.2. The first kappa shape index (κ1) is 15.9. The normalized spacial score (nSPS) is 21.1. The van der Waals surface area contributed by atoms with Crippen LogP contribution in [0.2, 0.25) is 10.0 Å². The van der Waals surface area contributed by atoms with Crippen molar-refractivity contribution in [1.82, 2.24) is 5.32 Å². The molecule has 1 aromatic rings. The molecule has 8 heteroatoms. The van der Waals surface area contributed by atoms with Crippen molar-refractivity contribution in [2.24, 2.45) is 5.92 Å². The number of carboxylic acids is 1. The summed E-state index contributed by atoms with van der Waals surface area (Å²) in [5.74, 6) is -2.02. The molecular weight excluding hydrogens is 322 g/mol. The number of rotatable bonds is 3. The monoisotopic (exact) mass is 334 g/mol. The highest BCUT2D eigenvalue weighted by molar-refractivity contribution is 6.35. The van der Waals surface area contributed by atoms with E-state index in [1.807, 2.05) is 0 Å². The zero-order chi connectivity index (χ0) is 15.6. The summed E-state index contributed by atoms with van der Waals surface area (Å²) in [5.41, 5.74) is 0.261. The van der Waals surface area contributed by atoms with Crippen molar-refractivity contribution in [2.45, 2.75) is 25.3 Å². The van der Waals surface area contributed by atoms with Gasteiger partial charge in [-0.1, -0.05) is 23.2 Å². The van der Waals surface area contributed by atoms with Gasteiger partial charge in [0.05, 0.1) is 16.0 Å². The third kappa shape index (κ3) is 3.98. The number of aliphatic carboxylic acids is 1. The van der Waals surface area contributed by atoms with Crippen LogP contribution in [0.4, 0.5) is 14.9 Å². The average molecular weight is 335 g/mol. The zero-order valence-corrected chi connectivity index (χ0v) is 12.3. The number of hydrogen-bond acceptors (Lipinski definition) is 2. The molecule has 0 aromatic heterocycles. The van der Waals surface area contributed by atoms with E-state index in [4.69, 9.17) is 28.3 Å². The van der Waals surface area contributed by atoms with Crippen LogP contribution in [0, 0.1) is 11.7 Å². The topological polar surface area (TPSA) is 78.4 Å². The summed E-state index contributed by atoms with van der Waals surface area (Å²) in [6.45, 7) is 0. The van der Waals surface area contributed by atoms with Crippen molar-refractivity contribution >= 4 is 40.9 Å². The minimum Gasteiger partial charge on any atom is -0.481 e. The molecule has 0 aliphatic heterocycles. The second kappa shape index (κ2) is 6.49. The van der Waals surface area contributed by atoms with Crippen LogP contribution >= 0.6 is 23.2 Å². The molecule has 0 spiro atoms. The number of halogens is 3. The summed E-state index contributed by atoms with van der Waals surface area (Å²) in [6, 6.07) is 1.79. The van der Waals surface area contributed by atoms with E-state index in [0.29, 0.717) is 19.3 Å². The Bertz CT molecular complexity index is 560. The molecule has 1 aliphatic rings. The lowest BCUT2D eigenvalue weighted by Gasteiger charge is -2.14. The Morgan fingerprint density at radius 1 is 1.24 bits per heavy atom. The summed E-state index contributed by atoms with van der Waals surface area (Å²) in [5, 5.41) is 13.7. The van der Waals surface area contributed by atoms with Gasteiger partial charge >= 0.3 is 12.0 Å². The number of anilines is 1. The van der Waals surface area contributed by atoms with Gasteiger partial charge in [0.2, 0.25) is 0 Å². The van der Waals surface area contributed by atoms with Crippen molar-refractivity contribution < 1.29 is 19.1 Å². The summed E-state index contributed by atoms with van der Waals surface area (Å²) in [4.78, 5) is 22.6. The predicted molar refractivity (Wildman–Crippen MR) is 77.3 cm³/mol. The highest BCUT2D eigenvalue weighted by Gasteiger charge is 2.30. The van der Waals surface area contributed by atoms with Gasteiger partial charge in [-0.25, -0.2) is 9.18 Å². The Morgan fingerprint density at radius 3 is 2.38 bits per heavy atom. The molecule has 2 amide bonds. The minimum atomic E-state index is -0.850. The molecule has 3 N–H and O–H groups in total. The van der Waals surface area contributed by atoms with Gasteiger partial charge in [0.25, 0.3) is 0 Å². The molecular formula is C13H13Cl2FN2O3. The standard InChI is InChI=1S/C13H13Cl2FN2O3/c14-9-4-8(5-10(15)11(9)16)18-13(21)17-7-2-1-6(3-7)12(19)20/h4-7H,1-3H2,(H,19,20)(H2,17,18,21). The van der Waals surface area contributed by atoms with Gasteiger partial charge in [0.1, 0.15) is 0 Å². The van der Waals surface area contributed by atoms with E-state index in [2.05, 4.69) is 10.6 Å². The molecule has 2 atom stereocenters. The van der Waals surface area contributed by atoms with Gasteiger partial charge < -0.3 is 15.7 Å². The number of amides is 2. The third-order valence-corrected chi connectivity index (χ3v) is 3.91. The van der Waals surface area contributed by atoms with Crippen molar-refractivity contribution in [1.29, 1.82) is 0 Å². The first-order valence-electron chi connectivity index (χ1n) is 6.31. The van der Waals surface area contributed by atoms with E-state index < -0.39 is 23.7 Å². The van der Waals surface area contributed by atoms with Gasteiger partial charge in [0.15, 0.2) is 5.82 Å². The lowest BCUT2D eigenvalue weighted by atomic mass is 10.1. The molecule has 5 nitrogen and oxygen atoms in total. The maximum absolute atomic E-state index is 13.2. The van der Waals surface area contributed by atoms with Crippen LogP contribution in [0.1, 0.15) is 19.3 Å². The number of carbonyl (C=O) groups is 2. The largest absolute Gasteiger partial charge is 0.481 e. The highest BCUT2D eigenvalue weighted by Crippen LogP contribution is 2.28. The number of carboxylic acid groups (broad SMARTS) is 1. The van der Waals surface area contributed by atoms with E-state index >= 15 is 0 Å². The smallest absolute Gasteiger partial charge is 0.319 e. The second-order valence-corrected chi connectivity index (χ2v) is 5.71. The van der Waals surface area contributed by atoms with E-state index in [1.54, 1.807) is 0 Å². The van der Waals surface area contributed by atoms with Crippen LogP contribution in [0.15, 0.2) is 12.1 Å². The average Bonchev–Trinajstić information content (AvgIpc) is 2.84. The quantitative estimate of drug-likeness (QED) is 0.740. The zero-order valence-electron chi connectivity index (χ0n) is 10.8. The fourth-order valence-electron chi connectivity index (χ4n) is 2.32. The van der Waals surface area contributed by atoms with Crippen LogP contribution in [-0.4, -0.2) is 23.1 Å². The van der Waals surface area contributed by atoms with Crippen molar-refractivity contribution in [3.05, 3.63) is 28.0 Å². The van der Waals surface area contributed by atoms with Crippen LogP contribution in [0.3, 0.4) is 0 Å². The van der Waals surface area contributed by atoms with Gasteiger partial charge in [-0.2, -0.15) is 0 Å². The molecule has 0 bridgehead atoms. The Labute approximate surface area is 130 Å². The number of urea groups is 1. The number of nitrogens with one attached hydrogen (secondary N) is 2. The number of benzene rings is 1. The van der Waals surface area contributed by atoms with Gasteiger partial charge in [0, 0.05) is 11.7 Å². The molecule has 0 saturated heterocycles. The van der Waals surface area contributed by atoms with Crippen molar-refractivity contribution in [2.75, 3.05) is 5.32 Å².